The van der Waals surface area contributed by atoms with Crippen LogP contribution in [0.2, 0.25) is 5.02 Å². The van der Waals surface area contributed by atoms with Crippen LogP contribution in [-0.4, -0.2) is 43.8 Å². The van der Waals surface area contributed by atoms with Gasteiger partial charge in [-0.1, -0.05) is 107 Å². The van der Waals surface area contributed by atoms with Gasteiger partial charge in [0, 0.05) is 23.5 Å². The smallest absolute Gasteiger partial charge is 0.264 e. The van der Waals surface area contributed by atoms with Gasteiger partial charge < -0.3 is 10.2 Å². The van der Waals surface area contributed by atoms with Crippen LogP contribution in [0.5, 0.6) is 0 Å². The molecule has 4 aromatic carbocycles. The molecule has 1 atom stereocenters. The van der Waals surface area contributed by atoms with Gasteiger partial charge in [0.25, 0.3) is 10.0 Å². The van der Waals surface area contributed by atoms with E-state index in [1.165, 1.54) is 29.2 Å². The van der Waals surface area contributed by atoms with Crippen molar-refractivity contribution in [2.75, 3.05) is 10.8 Å². The molecule has 0 aromatic heterocycles. The van der Waals surface area contributed by atoms with E-state index in [4.69, 9.17) is 11.6 Å². The van der Waals surface area contributed by atoms with Crippen LogP contribution in [-0.2, 0) is 32.6 Å². The molecule has 0 heterocycles. The van der Waals surface area contributed by atoms with Crippen molar-refractivity contribution in [2.24, 2.45) is 0 Å². The Bertz CT molecular complexity index is 1770. The van der Waals surface area contributed by atoms with Gasteiger partial charge in [-0.25, -0.2) is 12.8 Å². The lowest BCUT2D eigenvalue weighted by atomic mass is 9.94. The van der Waals surface area contributed by atoms with Gasteiger partial charge in [-0.2, -0.15) is 0 Å². The summed E-state index contributed by atoms with van der Waals surface area (Å²) in [5, 5.41) is 2.90. The number of nitrogens with one attached hydrogen (secondary N) is 1. The number of hydrogen-bond acceptors (Lipinski definition) is 4. The number of hydrogen-bond donors (Lipinski definition) is 1. The van der Waals surface area contributed by atoms with Gasteiger partial charge in [-0.05, 0) is 66.4 Å². The minimum absolute atomic E-state index is 0.00419. The Morgan fingerprint density at radius 3 is 2.15 bits per heavy atom. The highest BCUT2D eigenvalue weighted by atomic mass is 79.9. The number of halogens is 3. The molecule has 0 radical (unpaired) electrons. The summed E-state index contributed by atoms with van der Waals surface area (Å²) in [6.07, 6.45) is 5.09. The van der Waals surface area contributed by atoms with E-state index in [2.05, 4.69) is 21.2 Å². The zero-order valence-electron chi connectivity index (χ0n) is 25.7. The number of amides is 2. The Morgan fingerprint density at radius 1 is 0.872 bits per heavy atom. The van der Waals surface area contributed by atoms with E-state index in [1.54, 1.807) is 18.2 Å². The molecule has 0 saturated heterocycles. The van der Waals surface area contributed by atoms with Gasteiger partial charge in [0.15, 0.2) is 0 Å². The van der Waals surface area contributed by atoms with Gasteiger partial charge >= 0.3 is 0 Å². The largest absolute Gasteiger partial charge is 0.352 e. The Morgan fingerprint density at radius 2 is 1.51 bits per heavy atom. The van der Waals surface area contributed by atoms with Gasteiger partial charge in [0.05, 0.1) is 15.6 Å². The zero-order chi connectivity index (χ0) is 33.4. The van der Waals surface area contributed by atoms with Crippen molar-refractivity contribution in [2.45, 2.75) is 62.0 Å². The average molecular weight is 741 g/mol. The molecule has 1 N–H and O–H groups in total. The summed E-state index contributed by atoms with van der Waals surface area (Å²) in [7, 11) is -4.32. The van der Waals surface area contributed by atoms with Crippen LogP contribution in [0.4, 0.5) is 10.1 Å². The topological polar surface area (TPSA) is 86.8 Å². The molecule has 4 aromatic rings. The Balaban J connectivity index is 1.56. The third-order valence-electron chi connectivity index (χ3n) is 8.29. The van der Waals surface area contributed by atoms with Crippen molar-refractivity contribution in [3.05, 3.63) is 130 Å². The van der Waals surface area contributed by atoms with E-state index >= 15 is 0 Å². The van der Waals surface area contributed by atoms with Crippen molar-refractivity contribution in [3.8, 4) is 0 Å². The molecule has 1 aliphatic rings. The SMILES string of the molecule is O=C(NC1CCCCC1)[C@H](Cc1ccccc1)N(Cc1ccc(Br)cc1)C(=O)CN(c1ccc(F)c(Cl)c1)S(=O)(=O)c1ccccc1. The number of carbonyl (C=O) groups excluding carboxylic acids is 2. The second kappa shape index (κ2) is 15.9. The molecule has 5 rings (SSSR count). The van der Waals surface area contributed by atoms with Crippen molar-refractivity contribution >= 4 is 55.1 Å². The maximum absolute atomic E-state index is 14.6. The van der Waals surface area contributed by atoms with Crippen molar-refractivity contribution < 1.29 is 22.4 Å². The third kappa shape index (κ3) is 9.00. The first-order chi connectivity index (χ1) is 22.6. The van der Waals surface area contributed by atoms with Gasteiger partial charge in [0.1, 0.15) is 18.4 Å². The average Bonchev–Trinajstić information content (AvgIpc) is 3.08. The highest BCUT2D eigenvalue weighted by Gasteiger charge is 2.35. The highest BCUT2D eigenvalue weighted by Crippen LogP contribution is 2.29. The molecule has 11 heteroatoms. The van der Waals surface area contributed by atoms with Crippen LogP contribution in [0.1, 0.15) is 43.2 Å². The highest BCUT2D eigenvalue weighted by molar-refractivity contribution is 9.10. The molecule has 47 heavy (non-hydrogen) atoms. The Labute approximate surface area is 288 Å². The quantitative estimate of drug-likeness (QED) is 0.163. The lowest BCUT2D eigenvalue weighted by molar-refractivity contribution is -0.140. The molecule has 7 nitrogen and oxygen atoms in total. The van der Waals surface area contributed by atoms with Crippen LogP contribution >= 0.6 is 27.5 Å². The maximum Gasteiger partial charge on any atom is 0.264 e. The maximum atomic E-state index is 14.6. The standard InChI is InChI=1S/C36H36BrClFN3O4S/c37-28-18-16-27(17-19-28)24-41(34(22-26-10-4-1-5-11-26)36(44)40-29-12-6-2-7-13-29)35(43)25-42(30-20-21-33(39)32(38)23-30)47(45,46)31-14-8-3-9-15-31/h1,3-5,8-11,14-21,23,29,34H,2,6-7,12-13,22,24-25H2,(H,40,44)/t34-/m0/s1. The monoisotopic (exact) mass is 739 g/mol. The molecule has 1 fully saturated rings. The van der Waals surface area contributed by atoms with Gasteiger partial charge in [-0.3, -0.25) is 13.9 Å². The van der Waals surface area contributed by atoms with E-state index in [0.29, 0.717) is 0 Å². The second-order valence-corrected chi connectivity index (χ2v) is 14.8. The molecular formula is C36H36BrClFN3O4S. The molecule has 0 unspecified atom stereocenters. The normalized spacial score (nSPS) is 14.3. The predicted octanol–water partition coefficient (Wildman–Crippen LogP) is 7.53. The summed E-state index contributed by atoms with van der Waals surface area (Å²) in [5.41, 5.74) is 1.62. The number of benzene rings is 4. The first-order valence-corrected chi connectivity index (χ1v) is 18.1. The molecule has 0 bridgehead atoms. The fraction of sp³-hybridized carbons (Fsp3) is 0.278. The Kier molecular flexibility index (Phi) is 11.7. The predicted molar refractivity (Wildman–Crippen MR) is 186 cm³/mol. The van der Waals surface area contributed by atoms with Crippen molar-refractivity contribution in [1.29, 1.82) is 0 Å². The Hall–Kier alpha value is -3.73. The molecule has 1 saturated carbocycles. The van der Waals surface area contributed by atoms with E-state index in [9.17, 15) is 22.4 Å². The summed E-state index contributed by atoms with van der Waals surface area (Å²) >= 11 is 9.55. The molecule has 2 amide bonds. The minimum Gasteiger partial charge on any atom is -0.352 e. The lowest BCUT2D eigenvalue weighted by Gasteiger charge is -2.35. The first-order valence-electron chi connectivity index (χ1n) is 15.5. The molecule has 0 spiro atoms. The fourth-order valence-corrected chi connectivity index (χ4v) is 7.64. The van der Waals surface area contributed by atoms with E-state index < -0.39 is 34.3 Å². The molecule has 0 aliphatic heterocycles. The summed E-state index contributed by atoms with van der Waals surface area (Å²) in [5.74, 6) is -1.63. The van der Waals surface area contributed by atoms with E-state index in [1.807, 2.05) is 54.6 Å². The van der Waals surface area contributed by atoms with E-state index in [-0.39, 0.29) is 40.5 Å². The van der Waals surface area contributed by atoms with Gasteiger partial charge in [-0.15, -0.1) is 0 Å². The fourth-order valence-electron chi connectivity index (χ4n) is 5.77. The number of nitrogens with zero attached hydrogens (tertiary/aromatic N) is 2. The van der Waals surface area contributed by atoms with Gasteiger partial charge in [0.2, 0.25) is 11.8 Å². The summed E-state index contributed by atoms with van der Waals surface area (Å²) in [4.78, 5) is 30.1. The van der Waals surface area contributed by atoms with Crippen molar-refractivity contribution in [1.82, 2.24) is 10.2 Å². The first kappa shape index (κ1) is 34.6. The third-order valence-corrected chi connectivity index (χ3v) is 10.9. The minimum atomic E-state index is -4.32. The number of anilines is 1. The number of sulfonamides is 1. The lowest BCUT2D eigenvalue weighted by Crippen LogP contribution is -2.55. The molecule has 1 aliphatic carbocycles. The molecule has 246 valence electrons. The van der Waals surface area contributed by atoms with Crippen LogP contribution < -0.4 is 9.62 Å². The van der Waals surface area contributed by atoms with Crippen LogP contribution in [0.3, 0.4) is 0 Å². The van der Waals surface area contributed by atoms with Crippen LogP contribution in [0.15, 0.2) is 112 Å². The van der Waals surface area contributed by atoms with E-state index in [0.717, 1.165) is 58.1 Å². The second-order valence-electron chi connectivity index (χ2n) is 11.6. The van der Waals surface area contributed by atoms with Crippen LogP contribution in [0, 0.1) is 5.82 Å². The molecular weight excluding hydrogens is 705 g/mol. The summed E-state index contributed by atoms with van der Waals surface area (Å²) in [6, 6.07) is 27.1. The number of carbonyl (C=O) groups is 2. The zero-order valence-corrected chi connectivity index (χ0v) is 28.9. The summed E-state index contributed by atoms with van der Waals surface area (Å²) in [6.45, 7) is -0.608. The van der Waals surface area contributed by atoms with Crippen LogP contribution in [0.25, 0.3) is 0 Å². The summed E-state index contributed by atoms with van der Waals surface area (Å²) < 4.78 is 44.1. The van der Waals surface area contributed by atoms with Crippen molar-refractivity contribution in [3.63, 3.8) is 0 Å². The number of rotatable bonds is 12.